The third-order valence-corrected chi connectivity index (χ3v) is 3.30. The van der Waals surface area contributed by atoms with Crippen LogP contribution in [0.3, 0.4) is 0 Å². The number of nitrogens with one attached hydrogen (secondary N) is 1. The van der Waals surface area contributed by atoms with Gasteiger partial charge in [0.05, 0.1) is 5.52 Å². The summed E-state index contributed by atoms with van der Waals surface area (Å²) in [5.74, 6) is -1.02. The predicted octanol–water partition coefficient (Wildman–Crippen LogP) is 1.66. The minimum absolute atomic E-state index is 0.242. The predicted molar refractivity (Wildman–Crippen MR) is 76.9 cm³/mol. The van der Waals surface area contributed by atoms with Gasteiger partial charge in [0.2, 0.25) is 0 Å². The molecule has 1 aromatic heterocycles. The molecule has 0 saturated carbocycles. The molecule has 2 rings (SSSR count). The Morgan fingerprint density at radius 1 is 1.58 bits per heavy atom. The molecule has 5 nitrogen and oxygen atoms in total. The van der Waals surface area contributed by atoms with Gasteiger partial charge in [-0.15, -0.1) is 0 Å². The number of nitrogens with two attached hydrogens (primary N) is 2. The quantitative estimate of drug-likeness (QED) is 0.626. The average Bonchev–Trinajstić information content (AvgIpc) is 2.68. The van der Waals surface area contributed by atoms with Crippen molar-refractivity contribution < 1.29 is 9.90 Å². The molecule has 19 heavy (non-hydrogen) atoms. The van der Waals surface area contributed by atoms with E-state index in [9.17, 15) is 4.79 Å². The van der Waals surface area contributed by atoms with Gasteiger partial charge >= 0.3 is 5.97 Å². The molecule has 0 spiro atoms. The van der Waals surface area contributed by atoms with Crippen molar-refractivity contribution in [1.29, 1.82) is 0 Å². The van der Waals surface area contributed by atoms with Crippen LogP contribution >= 0.6 is 0 Å². The fourth-order valence-corrected chi connectivity index (χ4v) is 2.28. The van der Waals surface area contributed by atoms with Crippen LogP contribution in [0, 0.1) is 6.92 Å². The normalized spacial score (nSPS) is 12.5. The molecular weight excluding hydrogens is 242 g/mol. The van der Waals surface area contributed by atoms with E-state index >= 15 is 0 Å². The Balaban J connectivity index is 2.64. The Morgan fingerprint density at radius 3 is 2.84 bits per heavy atom. The summed E-state index contributed by atoms with van der Waals surface area (Å²) < 4.78 is 0. The van der Waals surface area contributed by atoms with Crippen LogP contribution < -0.4 is 11.5 Å². The molecule has 5 heteroatoms. The molecule has 0 radical (unpaired) electrons. The van der Waals surface area contributed by atoms with E-state index in [4.69, 9.17) is 16.6 Å². The number of hydrogen-bond donors (Lipinski definition) is 4. The lowest BCUT2D eigenvalue weighted by Crippen LogP contribution is -2.32. The van der Waals surface area contributed by atoms with Crippen molar-refractivity contribution in [2.45, 2.75) is 19.4 Å². The number of aliphatic carboxylic acids is 1. The van der Waals surface area contributed by atoms with Gasteiger partial charge in [-0.25, -0.2) is 0 Å². The number of aromatic amines is 1. The van der Waals surface area contributed by atoms with Crippen molar-refractivity contribution in [3.8, 4) is 0 Å². The molecule has 2 aromatic rings. The molecule has 0 fully saturated rings. The molecule has 0 aliphatic heterocycles. The maximum absolute atomic E-state index is 10.9. The lowest BCUT2D eigenvalue weighted by Gasteiger charge is -2.08. The smallest absolute Gasteiger partial charge is 0.320 e. The van der Waals surface area contributed by atoms with E-state index in [1.165, 1.54) is 0 Å². The summed E-state index contributed by atoms with van der Waals surface area (Å²) in [5.41, 5.74) is 15.8. The summed E-state index contributed by atoms with van der Waals surface area (Å²) in [4.78, 5) is 14.1. The van der Waals surface area contributed by atoms with Gasteiger partial charge in [-0.3, -0.25) is 4.79 Å². The monoisotopic (exact) mass is 259 g/mol. The van der Waals surface area contributed by atoms with E-state index in [-0.39, 0.29) is 6.42 Å². The maximum Gasteiger partial charge on any atom is 0.320 e. The Bertz CT molecular complexity index is 658. The Labute approximate surface area is 110 Å². The molecule has 0 aliphatic carbocycles. The van der Waals surface area contributed by atoms with Crippen molar-refractivity contribution in [3.63, 3.8) is 0 Å². The molecule has 0 aliphatic rings. The van der Waals surface area contributed by atoms with Crippen LogP contribution in [0.15, 0.2) is 18.7 Å². The highest BCUT2D eigenvalue weighted by Crippen LogP contribution is 2.31. The van der Waals surface area contributed by atoms with Crippen LogP contribution in [0.4, 0.5) is 5.69 Å². The number of carboxylic acids is 1. The fraction of sp³-hybridized carbons (Fsp3) is 0.214. The topological polar surface area (TPSA) is 105 Å². The molecular formula is C14H17N3O2. The number of fused-ring (bicyclic) bond motifs is 1. The molecule has 1 unspecified atom stereocenters. The molecule has 6 N–H and O–H groups in total. The maximum atomic E-state index is 10.9. The Hall–Kier alpha value is -2.27. The van der Waals surface area contributed by atoms with Crippen LogP contribution in [0.2, 0.25) is 0 Å². The SMILES string of the molecule is C=Cc1ccc(N)c2c(CC(N)C(=O)O)c(C)[nH]c12. The third-order valence-electron chi connectivity index (χ3n) is 3.30. The largest absolute Gasteiger partial charge is 0.480 e. The molecule has 100 valence electrons. The van der Waals surface area contributed by atoms with Gasteiger partial charge in [0.25, 0.3) is 0 Å². The van der Waals surface area contributed by atoms with Gasteiger partial charge in [0, 0.05) is 23.2 Å². The van der Waals surface area contributed by atoms with Crippen molar-refractivity contribution in [2.75, 3.05) is 5.73 Å². The van der Waals surface area contributed by atoms with Gasteiger partial charge in [0.1, 0.15) is 6.04 Å². The zero-order valence-corrected chi connectivity index (χ0v) is 10.7. The standard InChI is InChI=1S/C14H17N3O2/c1-3-8-4-5-10(15)12-9(6-11(16)14(18)19)7(2)17-13(8)12/h3-5,11,17H,1,6,15-16H2,2H3,(H,18,19). The highest BCUT2D eigenvalue weighted by molar-refractivity contribution is 5.99. The van der Waals surface area contributed by atoms with Crippen LogP contribution in [0.5, 0.6) is 0 Å². The minimum Gasteiger partial charge on any atom is -0.480 e. The van der Waals surface area contributed by atoms with E-state index in [0.717, 1.165) is 27.7 Å². The number of benzene rings is 1. The van der Waals surface area contributed by atoms with Crippen molar-refractivity contribution >= 4 is 28.6 Å². The number of nitrogen functional groups attached to an aromatic ring is 1. The number of hydrogen-bond acceptors (Lipinski definition) is 3. The lowest BCUT2D eigenvalue weighted by molar-refractivity contribution is -0.138. The number of carboxylic acid groups (broad SMARTS) is 1. The molecule has 0 bridgehead atoms. The number of carbonyl (C=O) groups is 1. The molecule has 1 heterocycles. The third kappa shape index (κ3) is 2.20. The van der Waals surface area contributed by atoms with Gasteiger partial charge in [0.15, 0.2) is 0 Å². The van der Waals surface area contributed by atoms with Crippen molar-refractivity contribution in [2.24, 2.45) is 5.73 Å². The first-order valence-electron chi connectivity index (χ1n) is 5.96. The molecule has 0 saturated heterocycles. The van der Waals surface area contributed by atoms with E-state index in [1.54, 1.807) is 12.1 Å². The highest BCUT2D eigenvalue weighted by atomic mass is 16.4. The molecule has 1 aromatic carbocycles. The second-order valence-corrected chi connectivity index (χ2v) is 4.58. The lowest BCUT2D eigenvalue weighted by atomic mass is 10.0. The van der Waals surface area contributed by atoms with Gasteiger partial charge < -0.3 is 21.6 Å². The zero-order valence-electron chi connectivity index (χ0n) is 10.7. The van der Waals surface area contributed by atoms with E-state index in [0.29, 0.717) is 5.69 Å². The number of aryl methyl sites for hydroxylation is 1. The minimum atomic E-state index is -1.02. The van der Waals surface area contributed by atoms with Gasteiger partial charge in [-0.1, -0.05) is 18.7 Å². The summed E-state index contributed by atoms with van der Waals surface area (Å²) in [6.07, 6.45) is 1.98. The van der Waals surface area contributed by atoms with Crippen molar-refractivity contribution in [3.05, 3.63) is 35.5 Å². The average molecular weight is 259 g/mol. The summed E-state index contributed by atoms with van der Waals surface area (Å²) in [6.45, 7) is 5.64. The van der Waals surface area contributed by atoms with Gasteiger partial charge in [-0.05, 0) is 24.1 Å². The van der Waals surface area contributed by atoms with Crippen LogP contribution in [-0.2, 0) is 11.2 Å². The number of anilines is 1. The Morgan fingerprint density at radius 2 is 2.26 bits per heavy atom. The molecule has 0 amide bonds. The Kier molecular flexibility index (Phi) is 3.31. The van der Waals surface area contributed by atoms with Crippen LogP contribution in [-0.4, -0.2) is 22.1 Å². The van der Waals surface area contributed by atoms with Crippen LogP contribution in [0.1, 0.15) is 16.8 Å². The molecule has 1 atom stereocenters. The first-order valence-corrected chi connectivity index (χ1v) is 5.96. The summed E-state index contributed by atoms with van der Waals surface area (Å²) in [7, 11) is 0. The zero-order chi connectivity index (χ0) is 14.2. The highest BCUT2D eigenvalue weighted by Gasteiger charge is 2.19. The van der Waals surface area contributed by atoms with Crippen LogP contribution in [0.25, 0.3) is 17.0 Å². The first-order chi connectivity index (χ1) is 8.95. The fourth-order valence-electron chi connectivity index (χ4n) is 2.28. The second kappa shape index (κ2) is 4.78. The van der Waals surface area contributed by atoms with Crippen molar-refractivity contribution in [1.82, 2.24) is 4.98 Å². The summed E-state index contributed by atoms with van der Waals surface area (Å²) >= 11 is 0. The number of H-pyrrole nitrogens is 1. The summed E-state index contributed by atoms with van der Waals surface area (Å²) in [5, 5.41) is 9.77. The number of rotatable bonds is 4. The number of aromatic nitrogens is 1. The van der Waals surface area contributed by atoms with E-state index < -0.39 is 12.0 Å². The summed E-state index contributed by atoms with van der Waals surface area (Å²) in [6, 6.07) is 2.73. The van der Waals surface area contributed by atoms with E-state index in [2.05, 4.69) is 11.6 Å². The second-order valence-electron chi connectivity index (χ2n) is 4.58. The van der Waals surface area contributed by atoms with E-state index in [1.807, 2.05) is 13.0 Å². The first kappa shape index (κ1) is 13.2. The van der Waals surface area contributed by atoms with Gasteiger partial charge in [-0.2, -0.15) is 0 Å².